The van der Waals surface area contributed by atoms with Crippen molar-refractivity contribution in [2.24, 2.45) is 0 Å². The van der Waals surface area contributed by atoms with Crippen molar-refractivity contribution >= 4 is 39.9 Å². The molecule has 0 fully saturated rings. The molecule has 0 bridgehead atoms. The van der Waals surface area contributed by atoms with E-state index in [-0.39, 0.29) is 27.3 Å². The molecule has 154 valence electrons. The highest BCUT2D eigenvalue weighted by atomic mass is 35.5. The standard InChI is InChI=1S/C20H11Cl2N5O4/c1-9(28)13-8-24-16-3-2-11(6-12(13)16)31-18-14(21)4-10(5-15(18)22)27-20(30)25-19(29)17(7-23)26-27/h2-6,8,24H,1H3,(H,25,29,30). The van der Waals surface area contributed by atoms with Gasteiger partial charge in [0.05, 0.1) is 15.7 Å². The van der Waals surface area contributed by atoms with Gasteiger partial charge in [-0.1, -0.05) is 23.2 Å². The summed E-state index contributed by atoms with van der Waals surface area (Å²) >= 11 is 12.6. The summed E-state index contributed by atoms with van der Waals surface area (Å²) in [7, 11) is 0. The van der Waals surface area contributed by atoms with Crippen LogP contribution in [-0.4, -0.2) is 25.5 Å². The minimum absolute atomic E-state index is 0.0573. The molecular weight excluding hydrogens is 445 g/mol. The van der Waals surface area contributed by atoms with Crippen molar-refractivity contribution in [3.8, 4) is 23.3 Å². The number of hydrogen-bond donors (Lipinski definition) is 2. The number of nitrogens with zero attached hydrogens (tertiary/aromatic N) is 3. The maximum absolute atomic E-state index is 12.1. The number of nitriles is 1. The number of hydrogen-bond acceptors (Lipinski definition) is 6. The first-order valence-electron chi connectivity index (χ1n) is 8.71. The molecule has 0 aliphatic rings. The molecule has 0 aliphatic heterocycles. The summed E-state index contributed by atoms with van der Waals surface area (Å²) in [6.07, 6.45) is 1.62. The second-order valence-electron chi connectivity index (χ2n) is 6.44. The van der Waals surface area contributed by atoms with Crippen molar-refractivity contribution in [2.75, 3.05) is 0 Å². The maximum Gasteiger partial charge on any atom is 0.349 e. The van der Waals surface area contributed by atoms with E-state index in [2.05, 4.69) is 10.1 Å². The van der Waals surface area contributed by atoms with Gasteiger partial charge in [-0.2, -0.15) is 9.94 Å². The lowest BCUT2D eigenvalue weighted by Crippen LogP contribution is -2.33. The molecule has 9 nitrogen and oxygen atoms in total. The number of Topliss-reactive ketones (excluding diaryl/α,β-unsaturated/α-hetero) is 1. The zero-order valence-electron chi connectivity index (χ0n) is 15.7. The van der Waals surface area contributed by atoms with E-state index in [4.69, 9.17) is 33.2 Å². The highest BCUT2D eigenvalue weighted by molar-refractivity contribution is 6.37. The van der Waals surface area contributed by atoms with Crippen LogP contribution in [-0.2, 0) is 0 Å². The normalized spacial score (nSPS) is 10.8. The number of H-pyrrole nitrogens is 2. The molecule has 2 N–H and O–H groups in total. The summed E-state index contributed by atoms with van der Waals surface area (Å²) < 4.78 is 6.63. The van der Waals surface area contributed by atoms with Crippen LogP contribution >= 0.6 is 23.2 Å². The minimum Gasteiger partial charge on any atom is -0.454 e. The first-order valence-corrected chi connectivity index (χ1v) is 9.47. The Balaban J connectivity index is 1.75. The Hall–Kier alpha value is -3.87. The van der Waals surface area contributed by atoms with E-state index in [1.165, 1.54) is 19.1 Å². The molecule has 0 radical (unpaired) electrons. The van der Waals surface area contributed by atoms with Crippen LogP contribution in [0.2, 0.25) is 10.0 Å². The third-order valence-electron chi connectivity index (χ3n) is 4.41. The Morgan fingerprint density at radius 3 is 2.55 bits per heavy atom. The average Bonchev–Trinajstić information content (AvgIpc) is 3.14. The van der Waals surface area contributed by atoms with E-state index in [1.54, 1.807) is 30.5 Å². The molecule has 4 aromatic rings. The van der Waals surface area contributed by atoms with Crippen LogP contribution in [0.25, 0.3) is 16.6 Å². The monoisotopic (exact) mass is 455 g/mol. The predicted octanol–water partition coefficient (Wildman–Crippen LogP) is 3.58. The van der Waals surface area contributed by atoms with E-state index in [1.807, 2.05) is 4.98 Å². The van der Waals surface area contributed by atoms with Gasteiger partial charge < -0.3 is 9.72 Å². The fourth-order valence-electron chi connectivity index (χ4n) is 2.99. The van der Waals surface area contributed by atoms with E-state index < -0.39 is 16.9 Å². The number of rotatable bonds is 4. The van der Waals surface area contributed by atoms with Gasteiger partial charge in [0, 0.05) is 22.7 Å². The average molecular weight is 456 g/mol. The molecule has 0 unspecified atom stereocenters. The Kier molecular flexibility index (Phi) is 5.10. The molecule has 4 rings (SSSR count). The summed E-state index contributed by atoms with van der Waals surface area (Å²) in [5.74, 6) is 0.404. The molecule has 2 heterocycles. The molecule has 0 spiro atoms. The lowest BCUT2D eigenvalue weighted by atomic mass is 10.1. The Morgan fingerprint density at radius 2 is 1.90 bits per heavy atom. The summed E-state index contributed by atoms with van der Waals surface area (Å²) in [6.45, 7) is 1.47. The Labute approximate surface area is 183 Å². The second-order valence-corrected chi connectivity index (χ2v) is 7.25. The molecule has 0 aliphatic carbocycles. The largest absolute Gasteiger partial charge is 0.454 e. The van der Waals surface area contributed by atoms with Crippen LogP contribution in [0.1, 0.15) is 23.0 Å². The lowest BCUT2D eigenvalue weighted by molar-refractivity contribution is 0.101. The molecular formula is C20H11Cl2N5O4. The first-order chi connectivity index (χ1) is 14.8. The van der Waals surface area contributed by atoms with Crippen molar-refractivity contribution < 1.29 is 9.53 Å². The lowest BCUT2D eigenvalue weighted by Gasteiger charge is -2.12. The molecule has 0 atom stereocenters. The molecule has 0 saturated carbocycles. The van der Waals surface area contributed by atoms with Crippen LogP contribution in [0.5, 0.6) is 11.5 Å². The molecule has 2 aromatic carbocycles. The maximum atomic E-state index is 12.1. The number of ketones is 1. The van der Waals surface area contributed by atoms with Crippen LogP contribution in [0.15, 0.2) is 46.1 Å². The number of nitrogens with one attached hydrogen (secondary N) is 2. The van der Waals surface area contributed by atoms with Gasteiger partial charge in [-0.15, -0.1) is 5.10 Å². The fraction of sp³-hybridized carbons (Fsp3) is 0.0500. The van der Waals surface area contributed by atoms with Gasteiger partial charge in [-0.3, -0.25) is 14.6 Å². The summed E-state index contributed by atoms with van der Waals surface area (Å²) in [6, 6.07) is 9.41. The number of aromatic nitrogens is 4. The van der Waals surface area contributed by atoms with E-state index in [0.29, 0.717) is 16.7 Å². The summed E-state index contributed by atoms with van der Waals surface area (Å²) in [5, 5.41) is 13.5. The van der Waals surface area contributed by atoms with Crippen molar-refractivity contribution in [3.05, 3.63) is 78.7 Å². The topological polar surface area (TPSA) is 134 Å². The van der Waals surface area contributed by atoms with Gasteiger partial charge in [0.1, 0.15) is 11.8 Å². The fourth-order valence-corrected chi connectivity index (χ4v) is 3.54. The van der Waals surface area contributed by atoms with Crippen molar-refractivity contribution in [1.82, 2.24) is 19.7 Å². The highest BCUT2D eigenvalue weighted by Gasteiger charge is 2.16. The number of halogens is 2. The number of aromatic amines is 2. The number of carbonyl (C=O) groups is 1. The second kappa shape index (κ2) is 7.75. The van der Waals surface area contributed by atoms with Gasteiger partial charge >= 0.3 is 5.69 Å². The molecule has 11 heteroatoms. The number of carbonyl (C=O) groups excluding carboxylic acids is 1. The number of ether oxygens (including phenoxy) is 1. The van der Waals surface area contributed by atoms with E-state index in [0.717, 1.165) is 10.2 Å². The Bertz CT molecular complexity index is 1500. The van der Waals surface area contributed by atoms with Crippen molar-refractivity contribution in [1.29, 1.82) is 5.26 Å². The quantitative estimate of drug-likeness (QED) is 0.451. The third kappa shape index (κ3) is 3.70. The smallest absolute Gasteiger partial charge is 0.349 e. The molecule has 2 aromatic heterocycles. The van der Waals surface area contributed by atoms with E-state index >= 15 is 0 Å². The highest BCUT2D eigenvalue weighted by Crippen LogP contribution is 2.38. The van der Waals surface area contributed by atoms with Gasteiger partial charge in [0.15, 0.2) is 11.5 Å². The minimum atomic E-state index is -0.897. The van der Waals surface area contributed by atoms with Crippen LogP contribution < -0.4 is 16.0 Å². The SMILES string of the molecule is CC(=O)c1c[nH]c2ccc(Oc3c(Cl)cc(-n4nc(C#N)c(=O)[nH]c4=O)cc3Cl)cc12. The molecule has 0 amide bonds. The Morgan fingerprint density at radius 1 is 1.19 bits per heavy atom. The molecule has 31 heavy (non-hydrogen) atoms. The third-order valence-corrected chi connectivity index (χ3v) is 4.98. The van der Waals surface area contributed by atoms with Gasteiger partial charge in [-0.05, 0) is 37.3 Å². The van der Waals surface area contributed by atoms with Crippen molar-refractivity contribution in [3.63, 3.8) is 0 Å². The van der Waals surface area contributed by atoms with Gasteiger partial charge in [-0.25, -0.2) is 4.79 Å². The van der Waals surface area contributed by atoms with Crippen LogP contribution in [0.3, 0.4) is 0 Å². The zero-order chi connectivity index (χ0) is 22.3. The summed E-state index contributed by atoms with van der Waals surface area (Å²) in [5.41, 5.74) is -0.842. The van der Waals surface area contributed by atoms with E-state index in [9.17, 15) is 14.4 Å². The van der Waals surface area contributed by atoms with Gasteiger partial charge in [0.2, 0.25) is 5.69 Å². The number of benzene rings is 2. The number of fused-ring (bicyclic) bond motifs is 1. The van der Waals surface area contributed by atoms with Crippen LogP contribution in [0.4, 0.5) is 0 Å². The zero-order valence-corrected chi connectivity index (χ0v) is 17.2. The van der Waals surface area contributed by atoms with Crippen molar-refractivity contribution in [2.45, 2.75) is 6.92 Å². The predicted molar refractivity (Wildman–Crippen MR) is 114 cm³/mol. The van der Waals surface area contributed by atoms with Crippen LogP contribution in [0, 0.1) is 11.3 Å². The van der Waals surface area contributed by atoms with Gasteiger partial charge in [0.25, 0.3) is 5.56 Å². The first kappa shape index (κ1) is 20.4. The summed E-state index contributed by atoms with van der Waals surface area (Å²) in [4.78, 5) is 40.4. The molecule has 0 saturated heterocycles.